The lowest BCUT2D eigenvalue weighted by Gasteiger charge is -2.15. The van der Waals surface area contributed by atoms with Crippen LogP contribution in [-0.2, 0) is 6.54 Å². The largest absolute Gasteiger partial charge is 0.489 e. The summed E-state index contributed by atoms with van der Waals surface area (Å²) in [7, 11) is 0. The molecule has 0 aliphatic carbocycles. The highest BCUT2D eigenvalue weighted by Gasteiger charge is 2.16. The normalized spacial score (nSPS) is 17.4. The van der Waals surface area contributed by atoms with E-state index in [4.69, 9.17) is 4.74 Å². The predicted molar refractivity (Wildman–Crippen MR) is 82.7 cm³/mol. The topological polar surface area (TPSA) is 34.2 Å². The lowest BCUT2D eigenvalue weighted by Crippen LogP contribution is -2.27. The number of benzene rings is 1. The van der Waals surface area contributed by atoms with Gasteiger partial charge in [-0.15, -0.1) is 24.8 Å². The summed E-state index contributed by atoms with van der Waals surface area (Å²) in [4.78, 5) is 4.37. The van der Waals surface area contributed by atoms with Gasteiger partial charge in [-0.2, -0.15) is 0 Å². The van der Waals surface area contributed by atoms with Gasteiger partial charge in [-0.25, -0.2) is 0 Å². The molecule has 3 rings (SSSR count). The van der Waals surface area contributed by atoms with Crippen molar-refractivity contribution in [2.24, 2.45) is 0 Å². The minimum atomic E-state index is 0. The summed E-state index contributed by atoms with van der Waals surface area (Å²) >= 11 is 0. The summed E-state index contributed by atoms with van der Waals surface area (Å²) in [5, 5.41) is 4.60. The maximum atomic E-state index is 6.01. The Bertz CT molecular complexity index is 548. The van der Waals surface area contributed by atoms with E-state index in [1.807, 2.05) is 12.3 Å². The van der Waals surface area contributed by atoms with Crippen LogP contribution in [0.4, 0.5) is 0 Å². The molecule has 2 aromatic rings. The van der Waals surface area contributed by atoms with Gasteiger partial charge in [-0.1, -0.05) is 13.0 Å². The third-order valence-corrected chi connectivity index (χ3v) is 3.22. The first kappa shape index (κ1) is 16.0. The highest BCUT2D eigenvalue weighted by molar-refractivity contribution is 5.85. The molecule has 0 saturated carbocycles. The van der Waals surface area contributed by atoms with Gasteiger partial charge in [-0.05, 0) is 18.6 Å². The number of hydrogen-bond acceptors (Lipinski definition) is 3. The molecule has 19 heavy (non-hydrogen) atoms. The number of nitrogens with zero attached hydrogens (tertiary/aromatic N) is 1. The molecular formula is C14H18Cl2N2O. The molecule has 1 N–H and O–H groups in total. The van der Waals surface area contributed by atoms with E-state index in [9.17, 15) is 0 Å². The van der Waals surface area contributed by atoms with Crippen LogP contribution in [0.3, 0.4) is 0 Å². The molecule has 0 spiro atoms. The van der Waals surface area contributed by atoms with Crippen molar-refractivity contribution in [2.45, 2.75) is 26.0 Å². The summed E-state index contributed by atoms with van der Waals surface area (Å²) in [6.45, 7) is 3.93. The standard InChI is InChI=1S/C14H16N2O.2ClH/c1-2-12-9-15-8-11-6-10-4-3-5-16-13(10)7-14(11)17-12;;/h3-7,12,15H,2,8-9H2,1H3;2*1H/t12-;;/m1../s1. The van der Waals surface area contributed by atoms with Crippen LogP contribution in [0.5, 0.6) is 5.75 Å². The molecule has 0 saturated heterocycles. The Morgan fingerprint density at radius 3 is 3.00 bits per heavy atom. The molecule has 0 radical (unpaired) electrons. The molecular weight excluding hydrogens is 283 g/mol. The molecule has 0 amide bonds. The highest BCUT2D eigenvalue weighted by atomic mass is 35.5. The second-order valence-corrected chi connectivity index (χ2v) is 4.44. The highest BCUT2D eigenvalue weighted by Crippen LogP contribution is 2.27. The van der Waals surface area contributed by atoms with E-state index < -0.39 is 0 Å². The molecule has 104 valence electrons. The van der Waals surface area contributed by atoms with Crippen molar-refractivity contribution < 1.29 is 4.74 Å². The van der Waals surface area contributed by atoms with Gasteiger partial charge in [-0.3, -0.25) is 4.98 Å². The lowest BCUT2D eigenvalue weighted by atomic mass is 10.1. The molecule has 2 heterocycles. The molecule has 0 unspecified atom stereocenters. The number of ether oxygens (including phenoxy) is 1. The van der Waals surface area contributed by atoms with Crippen LogP contribution >= 0.6 is 24.8 Å². The van der Waals surface area contributed by atoms with Gasteiger partial charge in [0.25, 0.3) is 0 Å². The number of aromatic nitrogens is 1. The van der Waals surface area contributed by atoms with Crippen molar-refractivity contribution in [2.75, 3.05) is 6.54 Å². The number of pyridine rings is 1. The van der Waals surface area contributed by atoms with Crippen LogP contribution in [-0.4, -0.2) is 17.6 Å². The van der Waals surface area contributed by atoms with E-state index in [2.05, 4.69) is 35.4 Å². The molecule has 0 fully saturated rings. The summed E-state index contributed by atoms with van der Waals surface area (Å²) in [6.07, 6.45) is 3.10. The van der Waals surface area contributed by atoms with E-state index in [-0.39, 0.29) is 30.9 Å². The van der Waals surface area contributed by atoms with Crippen molar-refractivity contribution in [3.8, 4) is 5.75 Å². The SMILES string of the molecule is CC[C@@H]1CNCc2cc3cccnc3cc2O1.Cl.Cl. The molecule has 0 bridgehead atoms. The van der Waals surface area contributed by atoms with Gasteiger partial charge in [0.2, 0.25) is 0 Å². The number of hydrogen-bond donors (Lipinski definition) is 1. The van der Waals surface area contributed by atoms with Crippen molar-refractivity contribution in [3.63, 3.8) is 0 Å². The van der Waals surface area contributed by atoms with E-state index in [0.29, 0.717) is 0 Å². The molecule has 1 aliphatic rings. The van der Waals surface area contributed by atoms with Gasteiger partial charge in [0.15, 0.2) is 0 Å². The lowest BCUT2D eigenvalue weighted by molar-refractivity contribution is 0.202. The van der Waals surface area contributed by atoms with Crippen LogP contribution in [0.1, 0.15) is 18.9 Å². The maximum Gasteiger partial charge on any atom is 0.126 e. The second-order valence-electron chi connectivity index (χ2n) is 4.44. The first-order valence-corrected chi connectivity index (χ1v) is 6.12. The maximum absolute atomic E-state index is 6.01. The average molecular weight is 301 g/mol. The van der Waals surface area contributed by atoms with Crippen molar-refractivity contribution in [1.29, 1.82) is 0 Å². The molecule has 3 nitrogen and oxygen atoms in total. The monoisotopic (exact) mass is 300 g/mol. The minimum absolute atomic E-state index is 0. The number of nitrogens with one attached hydrogen (secondary N) is 1. The Morgan fingerprint density at radius 1 is 1.37 bits per heavy atom. The number of halogens is 2. The van der Waals surface area contributed by atoms with Gasteiger partial charge in [0, 0.05) is 36.3 Å². The molecule has 1 aromatic carbocycles. The Morgan fingerprint density at radius 2 is 2.21 bits per heavy atom. The Kier molecular flexibility index (Phi) is 5.85. The summed E-state index contributed by atoms with van der Waals surface area (Å²) in [6, 6.07) is 8.28. The zero-order valence-electron chi connectivity index (χ0n) is 10.8. The van der Waals surface area contributed by atoms with Crippen molar-refractivity contribution in [3.05, 3.63) is 36.0 Å². The van der Waals surface area contributed by atoms with E-state index >= 15 is 0 Å². The zero-order chi connectivity index (χ0) is 11.7. The van der Waals surface area contributed by atoms with E-state index in [1.54, 1.807) is 0 Å². The number of rotatable bonds is 1. The Labute approximate surface area is 125 Å². The van der Waals surface area contributed by atoms with E-state index in [0.717, 1.165) is 30.8 Å². The smallest absolute Gasteiger partial charge is 0.126 e. The minimum Gasteiger partial charge on any atom is -0.489 e. The zero-order valence-corrected chi connectivity index (χ0v) is 12.4. The quantitative estimate of drug-likeness (QED) is 0.877. The van der Waals surface area contributed by atoms with Crippen LogP contribution in [0, 0.1) is 0 Å². The third-order valence-electron chi connectivity index (χ3n) is 3.22. The second kappa shape index (κ2) is 6.94. The molecule has 1 aromatic heterocycles. The third kappa shape index (κ3) is 3.30. The van der Waals surface area contributed by atoms with Gasteiger partial charge in [0.1, 0.15) is 11.9 Å². The predicted octanol–water partition coefficient (Wildman–Crippen LogP) is 3.34. The van der Waals surface area contributed by atoms with Crippen LogP contribution in [0.2, 0.25) is 0 Å². The summed E-state index contributed by atoms with van der Waals surface area (Å²) < 4.78 is 6.01. The number of fused-ring (bicyclic) bond motifs is 2. The van der Waals surface area contributed by atoms with Crippen LogP contribution in [0.25, 0.3) is 10.9 Å². The van der Waals surface area contributed by atoms with Crippen LogP contribution in [0.15, 0.2) is 30.5 Å². The van der Waals surface area contributed by atoms with Gasteiger partial charge in [0.05, 0.1) is 5.52 Å². The summed E-state index contributed by atoms with van der Waals surface area (Å²) in [5.41, 5.74) is 2.23. The Hall–Kier alpha value is -1.03. The average Bonchev–Trinajstić information content (AvgIpc) is 2.57. The fraction of sp³-hybridized carbons (Fsp3) is 0.357. The van der Waals surface area contributed by atoms with Gasteiger partial charge < -0.3 is 10.1 Å². The van der Waals surface area contributed by atoms with Crippen molar-refractivity contribution >= 4 is 35.7 Å². The van der Waals surface area contributed by atoms with Crippen LogP contribution < -0.4 is 10.1 Å². The van der Waals surface area contributed by atoms with Gasteiger partial charge >= 0.3 is 0 Å². The molecule has 1 atom stereocenters. The van der Waals surface area contributed by atoms with E-state index in [1.165, 1.54) is 10.9 Å². The molecule has 1 aliphatic heterocycles. The fourth-order valence-corrected chi connectivity index (χ4v) is 2.21. The Balaban J connectivity index is 0.000000902. The fourth-order valence-electron chi connectivity index (χ4n) is 2.21. The van der Waals surface area contributed by atoms with Crippen molar-refractivity contribution in [1.82, 2.24) is 10.3 Å². The summed E-state index contributed by atoms with van der Waals surface area (Å²) in [5.74, 6) is 0.980. The first-order chi connectivity index (χ1) is 8.36. The molecule has 5 heteroatoms. The first-order valence-electron chi connectivity index (χ1n) is 6.12.